The quantitative estimate of drug-likeness (QED) is 0.529. The Bertz CT molecular complexity index is 645. The van der Waals surface area contributed by atoms with Crippen LogP contribution in [0.5, 0.6) is 0 Å². The number of carbonyl (C=O) groups is 1. The number of alkyl halides is 3. The molecular formula is C16H14BrCl3N2O. The van der Waals surface area contributed by atoms with E-state index in [2.05, 4.69) is 26.6 Å². The van der Waals surface area contributed by atoms with Gasteiger partial charge in [0.1, 0.15) is 6.17 Å². The first-order valence-corrected chi connectivity index (χ1v) is 8.69. The van der Waals surface area contributed by atoms with Crippen molar-refractivity contribution < 1.29 is 4.79 Å². The highest BCUT2D eigenvalue weighted by Gasteiger charge is 2.33. The standard InChI is InChI=1S/C16H14BrCl3N2O/c17-13-8-6-12(7-9-13)14(23)22-15(16(18,19)20)21-10-11-4-2-1-3-5-11/h1-9,15,21H,10H2,(H,22,23)/t15-/m1/s1. The highest BCUT2D eigenvalue weighted by Crippen LogP contribution is 2.29. The first kappa shape index (κ1) is 18.6. The van der Waals surface area contributed by atoms with Gasteiger partial charge in [-0.15, -0.1) is 0 Å². The second kappa shape index (κ2) is 8.36. The van der Waals surface area contributed by atoms with E-state index in [0.717, 1.165) is 10.0 Å². The molecule has 0 unspecified atom stereocenters. The lowest BCUT2D eigenvalue weighted by Crippen LogP contribution is -2.53. The van der Waals surface area contributed by atoms with Crippen molar-refractivity contribution in [3.63, 3.8) is 0 Å². The molecule has 1 atom stereocenters. The second-order valence-electron chi connectivity index (χ2n) is 4.82. The summed E-state index contributed by atoms with van der Waals surface area (Å²) in [7, 11) is 0. The maximum atomic E-state index is 12.3. The Hall–Kier alpha value is -0.780. The number of rotatable bonds is 5. The summed E-state index contributed by atoms with van der Waals surface area (Å²) in [6.07, 6.45) is -0.830. The number of hydrogen-bond acceptors (Lipinski definition) is 2. The molecule has 0 spiro atoms. The highest BCUT2D eigenvalue weighted by atomic mass is 79.9. The molecule has 0 aliphatic rings. The second-order valence-corrected chi connectivity index (χ2v) is 8.11. The van der Waals surface area contributed by atoms with Crippen molar-refractivity contribution in [3.8, 4) is 0 Å². The maximum absolute atomic E-state index is 12.3. The van der Waals surface area contributed by atoms with Gasteiger partial charge < -0.3 is 5.32 Å². The largest absolute Gasteiger partial charge is 0.333 e. The summed E-state index contributed by atoms with van der Waals surface area (Å²) in [6.45, 7) is 0.458. The van der Waals surface area contributed by atoms with Gasteiger partial charge in [-0.1, -0.05) is 81.1 Å². The lowest BCUT2D eigenvalue weighted by molar-refractivity contribution is 0.0929. The third-order valence-electron chi connectivity index (χ3n) is 3.06. The van der Waals surface area contributed by atoms with Crippen molar-refractivity contribution >= 4 is 56.6 Å². The third kappa shape index (κ3) is 5.98. The minimum absolute atomic E-state index is 0.325. The average Bonchev–Trinajstić information content (AvgIpc) is 2.51. The summed E-state index contributed by atoms with van der Waals surface area (Å²) in [5.74, 6) is -0.325. The average molecular weight is 437 g/mol. The molecule has 2 aromatic rings. The predicted molar refractivity (Wildman–Crippen MR) is 99.0 cm³/mol. The Labute approximate surface area is 158 Å². The fourth-order valence-electron chi connectivity index (χ4n) is 1.88. The topological polar surface area (TPSA) is 41.1 Å². The van der Waals surface area contributed by atoms with Gasteiger partial charge >= 0.3 is 0 Å². The van der Waals surface area contributed by atoms with Gasteiger partial charge in [0, 0.05) is 16.6 Å². The van der Waals surface area contributed by atoms with Crippen LogP contribution in [0.1, 0.15) is 15.9 Å². The third-order valence-corrected chi connectivity index (χ3v) is 4.25. The molecule has 7 heteroatoms. The lowest BCUT2D eigenvalue weighted by atomic mass is 10.2. The van der Waals surface area contributed by atoms with Crippen LogP contribution in [0.15, 0.2) is 59.1 Å². The van der Waals surface area contributed by atoms with Crippen LogP contribution in [0, 0.1) is 0 Å². The number of nitrogens with one attached hydrogen (secondary N) is 2. The van der Waals surface area contributed by atoms with Crippen LogP contribution in [0.4, 0.5) is 0 Å². The number of hydrogen-bond donors (Lipinski definition) is 2. The minimum atomic E-state index is -1.68. The summed E-state index contributed by atoms with van der Waals surface area (Å²) in [4.78, 5) is 12.3. The molecule has 3 nitrogen and oxygen atoms in total. The predicted octanol–water partition coefficient (Wildman–Crippen LogP) is 4.67. The fraction of sp³-hybridized carbons (Fsp3) is 0.188. The minimum Gasteiger partial charge on any atom is -0.333 e. The Morgan fingerprint density at radius 2 is 1.65 bits per heavy atom. The molecule has 0 saturated carbocycles. The molecule has 2 rings (SSSR count). The van der Waals surface area contributed by atoms with E-state index in [4.69, 9.17) is 34.8 Å². The lowest BCUT2D eigenvalue weighted by Gasteiger charge is -2.26. The summed E-state index contributed by atoms with van der Waals surface area (Å²) in [5.41, 5.74) is 1.50. The Morgan fingerprint density at radius 3 is 2.22 bits per heavy atom. The summed E-state index contributed by atoms with van der Waals surface area (Å²) < 4.78 is -0.797. The van der Waals surface area contributed by atoms with Crippen LogP contribution >= 0.6 is 50.7 Å². The molecule has 0 heterocycles. The van der Waals surface area contributed by atoms with Gasteiger partial charge in [0.25, 0.3) is 5.91 Å². The zero-order valence-corrected chi connectivity index (χ0v) is 15.8. The van der Waals surface area contributed by atoms with Crippen molar-refractivity contribution in [1.82, 2.24) is 10.6 Å². The number of benzene rings is 2. The van der Waals surface area contributed by atoms with Crippen LogP contribution in [-0.2, 0) is 6.54 Å². The number of amides is 1. The van der Waals surface area contributed by atoms with E-state index in [1.54, 1.807) is 24.3 Å². The Morgan fingerprint density at radius 1 is 1.04 bits per heavy atom. The molecule has 0 saturated heterocycles. The summed E-state index contributed by atoms with van der Waals surface area (Å²) >= 11 is 21.2. The molecule has 2 aromatic carbocycles. The van der Waals surface area contributed by atoms with Gasteiger partial charge in [-0.25, -0.2) is 0 Å². The molecule has 0 aliphatic heterocycles. The normalized spacial score (nSPS) is 12.7. The van der Waals surface area contributed by atoms with E-state index in [9.17, 15) is 4.79 Å². The Kier molecular flexibility index (Phi) is 6.74. The SMILES string of the molecule is O=C(N[C@@H](NCc1ccccc1)C(Cl)(Cl)Cl)c1ccc(Br)cc1. The first-order chi connectivity index (χ1) is 10.9. The van der Waals surface area contributed by atoms with Crippen LogP contribution in [0.25, 0.3) is 0 Å². The molecule has 122 valence electrons. The summed E-state index contributed by atoms with van der Waals surface area (Å²) in [5, 5.41) is 5.75. The van der Waals surface area contributed by atoms with E-state index in [1.165, 1.54) is 0 Å². The van der Waals surface area contributed by atoms with E-state index in [0.29, 0.717) is 12.1 Å². The van der Waals surface area contributed by atoms with E-state index >= 15 is 0 Å². The molecule has 1 amide bonds. The fourth-order valence-corrected chi connectivity index (χ4v) is 2.54. The maximum Gasteiger partial charge on any atom is 0.252 e. The Balaban J connectivity index is 2.04. The van der Waals surface area contributed by atoms with Gasteiger partial charge in [0.2, 0.25) is 3.79 Å². The monoisotopic (exact) mass is 434 g/mol. The molecule has 0 bridgehead atoms. The summed E-state index contributed by atoms with van der Waals surface area (Å²) in [6, 6.07) is 16.6. The number of carbonyl (C=O) groups excluding carboxylic acids is 1. The van der Waals surface area contributed by atoms with Crippen molar-refractivity contribution in [2.24, 2.45) is 0 Å². The van der Waals surface area contributed by atoms with Gasteiger partial charge in [0.15, 0.2) is 0 Å². The van der Waals surface area contributed by atoms with Crippen molar-refractivity contribution in [3.05, 3.63) is 70.2 Å². The molecule has 23 heavy (non-hydrogen) atoms. The zero-order chi connectivity index (χ0) is 16.9. The molecule has 2 N–H and O–H groups in total. The molecule has 0 aromatic heterocycles. The van der Waals surface area contributed by atoms with E-state index in [-0.39, 0.29) is 5.91 Å². The smallest absolute Gasteiger partial charge is 0.252 e. The van der Waals surface area contributed by atoms with Crippen LogP contribution in [0.2, 0.25) is 0 Å². The van der Waals surface area contributed by atoms with E-state index in [1.807, 2.05) is 30.3 Å². The molecular weight excluding hydrogens is 422 g/mol. The molecule has 0 radical (unpaired) electrons. The van der Waals surface area contributed by atoms with E-state index < -0.39 is 9.96 Å². The highest BCUT2D eigenvalue weighted by molar-refractivity contribution is 9.10. The van der Waals surface area contributed by atoms with Crippen molar-refractivity contribution in [1.29, 1.82) is 0 Å². The van der Waals surface area contributed by atoms with Crippen LogP contribution in [0.3, 0.4) is 0 Å². The van der Waals surface area contributed by atoms with Crippen molar-refractivity contribution in [2.75, 3.05) is 0 Å². The zero-order valence-electron chi connectivity index (χ0n) is 11.9. The van der Waals surface area contributed by atoms with Crippen LogP contribution < -0.4 is 10.6 Å². The van der Waals surface area contributed by atoms with Crippen molar-refractivity contribution in [2.45, 2.75) is 16.5 Å². The van der Waals surface area contributed by atoms with Gasteiger partial charge in [-0.2, -0.15) is 0 Å². The first-order valence-electron chi connectivity index (χ1n) is 6.77. The molecule has 0 fully saturated rings. The number of halogens is 4. The van der Waals surface area contributed by atoms with Gasteiger partial charge in [0.05, 0.1) is 0 Å². The van der Waals surface area contributed by atoms with Crippen LogP contribution in [-0.4, -0.2) is 15.9 Å². The van der Waals surface area contributed by atoms with Gasteiger partial charge in [-0.05, 0) is 29.8 Å². The molecule has 0 aliphatic carbocycles. The van der Waals surface area contributed by atoms with Gasteiger partial charge in [-0.3, -0.25) is 10.1 Å².